The van der Waals surface area contributed by atoms with Crippen LogP contribution in [0.1, 0.15) is 25.7 Å². The lowest BCUT2D eigenvalue weighted by Gasteiger charge is -2.22. The summed E-state index contributed by atoms with van der Waals surface area (Å²) in [6.07, 6.45) is 10.1. The third kappa shape index (κ3) is 3.75. The predicted octanol–water partition coefficient (Wildman–Crippen LogP) is 1.17. The molecule has 0 aromatic carbocycles. The molecule has 1 heterocycles. The van der Waals surface area contributed by atoms with Crippen LogP contribution in [0.25, 0.3) is 0 Å². The van der Waals surface area contributed by atoms with Gasteiger partial charge in [0.2, 0.25) is 0 Å². The van der Waals surface area contributed by atoms with Crippen LogP contribution in [0.15, 0.2) is 0 Å². The average molecular weight is 167 g/mol. The van der Waals surface area contributed by atoms with E-state index in [1.807, 2.05) is 0 Å². The molecule has 12 heavy (non-hydrogen) atoms. The molecular formula is C10H17NO. The Bertz CT molecular complexity index is 144. The molecule has 1 rings (SSSR count). The van der Waals surface area contributed by atoms with Crippen LogP contribution in [0.5, 0.6) is 0 Å². The summed E-state index contributed by atoms with van der Waals surface area (Å²) in [5.41, 5.74) is 0. The van der Waals surface area contributed by atoms with Crippen molar-refractivity contribution < 1.29 is 4.74 Å². The minimum atomic E-state index is 0.451. The van der Waals surface area contributed by atoms with Crippen molar-refractivity contribution in [1.29, 1.82) is 0 Å². The van der Waals surface area contributed by atoms with E-state index in [1.165, 1.54) is 25.8 Å². The van der Waals surface area contributed by atoms with Crippen molar-refractivity contribution >= 4 is 0 Å². The molecule has 0 bridgehead atoms. The highest BCUT2D eigenvalue weighted by molar-refractivity contribution is 4.83. The van der Waals surface area contributed by atoms with Crippen LogP contribution in [0.2, 0.25) is 0 Å². The Labute approximate surface area is 74.7 Å². The summed E-state index contributed by atoms with van der Waals surface area (Å²) < 4.78 is 5.21. The number of ether oxygens (including phenoxy) is 1. The minimum Gasteiger partial charge on any atom is -0.369 e. The molecule has 0 radical (unpaired) electrons. The number of terminal acetylenes is 1. The molecule has 0 amide bonds. The van der Waals surface area contributed by atoms with Crippen LogP contribution in [0.4, 0.5) is 0 Å². The minimum absolute atomic E-state index is 0.451. The van der Waals surface area contributed by atoms with Gasteiger partial charge in [0.15, 0.2) is 0 Å². The van der Waals surface area contributed by atoms with Gasteiger partial charge in [-0.25, -0.2) is 0 Å². The van der Waals surface area contributed by atoms with Gasteiger partial charge >= 0.3 is 0 Å². The van der Waals surface area contributed by atoms with Gasteiger partial charge in [-0.2, -0.15) is 0 Å². The van der Waals surface area contributed by atoms with Crippen molar-refractivity contribution in [3.8, 4) is 12.3 Å². The van der Waals surface area contributed by atoms with Gasteiger partial charge in [0.1, 0.15) is 6.61 Å². The first kappa shape index (κ1) is 9.57. The Morgan fingerprint density at radius 1 is 1.50 bits per heavy atom. The second-order valence-electron chi connectivity index (χ2n) is 3.19. The summed E-state index contributed by atoms with van der Waals surface area (Å²) in [5, 5.41) is 3.46. The molecule has 1 fully saturated rings. The molecule has 0 aromatic rings. The third-order valence-corrected chi connectivity index (χ3v) is 2.21. The molecule has 1 saturated heterocycles. The zero-order chi connectivity index (χ0) is 8.65. The highest BCUT2D eigenvalue weighted by Gasteiger charge is 2.11. The van der Waals surface area contributed by atoms with Crippen LogP contribution in [-0.2, 0) is 4.74 Å². The lowest BCUT2D eigenvalue weighted by Crippen LogP contribution is -2.34. The summed E-state index contributed by atoms with van der Waals surface area (Å²) >= 11 is 0. The maximum Gasteiger partial charge on any atom is 0.107 e. The lowest BCUT2D eigenvalue weighted by atomic mass is 10.0. The molecule has 2 heteroatoms. The first-order chi connectivity index (χ1) is 5.93. The van der Waals surface area contributed by atoms with Gasteiger partial charge in [0.25, 0.3) is 0 Å². The van der Waals surface area contributed by atoms with Gasteiger partial charge in [-0.3, -0.25) is 0 Å². The maximum absolute atomic E-state index is 5.21. The Kier molecular flexibility index (Phi) is 4.82. The lowest BCUT2D eigenvalue weighted by molar-refractivity contribution is 0.150. The van der Waals surface area contributed by atoms with E-state index in [0.29, 0.717) is 12.6 Å². The second-order valence-corrected chi connectivity index (χ2v) is 3.19. The summed E-state index contributed by atoms with van der Waals surface area (Å²) in [4.78, 5) is 0. The van der Waals surface area contributed by atoms with E-state index in [-0.39, 0.29) is 0 Å². The molecule has 1 unspecified atom stereocenters. The van der Waals surface area contributed by atoms with E-state index in [4.69, 9.17) is 11.2 Å². The van der Waals surface area contributed by atoms with Gasteiger partial charge in [-0.1, -0.05) is 12.3 Å². The van der Waals surface area contributed by atoms with Crippen molar-refractivity contribution in [1.82, 2.24) is 5.32 Å². The topological polar surface area (TPSA) is 21.3 Å². The third-order valence-electron chi connectivity index (χ3n) is 2.21. The van der Waals surface area contributed by atoms with Crippen molar-refractivity contribution in [2.75, 3.05) is 19.8 Å². The molecule has 2 nitrogen and oxygen atoms in total. The molecular weight excluding hydrogens is 150 g/mol. The summed E-state index contributed by atoms with van der Waals surface area (Å²) in [6.45, 7) is 2.41. The number of nitrogens with one attached hydrogen (secondary N) is 1. The van der Waals surface area contributed by atoms with E-state index < -0.39 is 0 Å². The van der Waals surface area contributed by atoms with E-state index in [0.717, 1.165) is 13.0 Å². The van der Waals surface area contributed by atoms with E-state index in [1.54, 1.807) is 0 Å². The molecule has 0 saturated carbocycles. The molecule has 1 aliphatic rings. The monoisotopic (exact) mass is 167 g/mol. The van der Waals surface area contributed by atoms with Gasteiger partial charge in [0.05, 0.1) is 0 Å². The summed E-state index contributed by atoms with van der Waals surface area (Å²) in [7, 11) is 0. The van der Waals surface area contributed by atoms with E-state index >= 15 is 0 Å². The summed E-state index contributed by atoms with van der Waals surface area (Å²) in [6, 6.07) is 0.663. The average Bonchev–Trinajstić information content (AvgIpc) is 2.14. The molecule has 68 valence electrons. The predicted molar refractivity (Wildman–Crippen MR) is 49.9 cm³/mol. The van der Waals surface area contributed by atoms with E-state index in [9.17, 15) is 0 Å². The van der Waals surface area contributed by atoms with Crippen LogP contribution in [0.3, 0.4) is 0 Å². The smallest absolute Gasteiger partial charge is 0.107 e. The molecule has 0 aliphatic carbocycles. The second kappa shape index (κ2) is 6.05. The molecule has 0 spiro atoms. The van der Waals surface area contributed by atoms with Gasteiger partial charge in [0, 0.05) is 12.6 Å². The number of hydrogen-bond donors (Lipinski definition) is 1. The first-order valence-electron chi connectivity index (χ1n) is 4.68. The quantitative estimate of drug-likeness (QED) is 0.501. The maximum atomic E-state index is 5.21. The molecule has 1 N–H and O–H groups in total. The van der Waals surface area contributed by atoms with Crippen molar-refractivity contribution in [2.45, 2.75) is 31.7 Å². The van der Waals surface area contributed by atoms with Crippen LogP contribution in [-0.4, -0.2) is 25.8 Å². The highest BCUT2D eigenvalue weighted by Crippen LogP contribution is 2.09. The fourth-order valence-electron chi connectivity index (χ4n) is 1.53. The molecule has 0 aromatic heterocycles. The first-order valence-corrected chi connectivity index (χ1v) is 4.68. The Balaban J connectivity index is 1.95. The normalized spacial score (nSPS) is 23.4. The van der Waals surface area contributed by atoms with E-state index in [2.05, 4.69) is 11.2 Å². The van der Waals surface area contributed by atoms with Crippen molar-refractivity contribution in [3.63, 3.8) is 0 Å². The Morgan fingerprint density at radius 3 is 3.08 bits per heavy atom. The largest absolute Gasteiger partial charge is 0.369 e. The van der Waals surface area contributed by atoms with Crippen LogP contribution in [0, 0.1) is 12.3 Å². The Morgan fingerprint density at radius 2 is 2.42 bits per heavy atom. The SMILES string of the molecule is C#CCOCCC1CCCCN1. The zero-order valence-corrected chi connectivity index (χ0v) is 7.51. The number of rotatable bonds is 4. The standard InChI is InChI=1S/C10H17NO/c1-2-8-12-9-6-10-5-3-4-7-11-10/h1,10-11H,3-9H2. The van der Waals surface area contributed by atoms with Gasteiger partial charge in [-0.15, -0.1) is 6.42 Å². The summed E-state index contributed by atoms with van der Waals surface area (Å²) in [5.74, 6) is 2.46. The van der Waals surface area contributed by atoms with Gasteiger partial charge < -0.3 is 10.1 Å². The fraction of sp³-hybridized carbons (Fsp3) is 0.800. The molecule has 1 atom stereocenters. The number of piperidine rings is 1. The van der Waals surface area contributed by atoms with Gasteiger partial charge in [-0.05, 0) is 25.8 Å². The van der Waals surface area contributed by atoms with Crippen LogP contribution >= 0.6 is 0 Å². The van der Waals surface area contributed by atoms with Crippen molar-refractivity contribution in [3.05, 3.63) is 0 Å². The molecule has 1 aliphatic heterocycles. The Hall–Kier alpha value is -0.520. The van der Waals surface area contributed by atoms with Crippen molar-refractivity contribution in [2.24, 2.45) is 0 Å². The number of hydrogen-bond acceptors (Lipinski definition) is 2. The zero-order valence-electron chi connectivity index (χ0n) is 7.51. The highest BCUT2D eigenvalue weighted by atomic mass is 16.5. The fourth-order valence-corrected chi connectivity index (χ4v) is 1.53. The van der Waals surface area contributed by atoms with Crippen LogP contribution < -0.4 is 5.32 Å².